The van der Waals surface area contributed by atoms with Crippen molar-refractivity contribution in [3.05, 3.63) is 65.6 Å². The molecule has 7 heteroatoms. The lowest BCUT2D eigenvalue weighted by molar-refractivity contribution is -0.131. The highest BCUT2D eigenvalue weighted by atomic mass is 16.2. The molecule has 1 N–H and O–H groups in total. The van der Waals surface area contributed by atoms with Gasteiger partial charge >= 0.3 is 0 Å². The van der Waals surface area contributed by atoms with Crippen LogP contribution >= 0.6 is 0 Å². The summed E-state index contributed by atoms with van der Waals surface area (Å²) in [5.41, 5.74) is 2.34. The number of hydrogen-bond donors (Lipinski definition) is 1. The molecule has 1 saturated heterocycles. The molecule has 0 unspecified atom stereocenters. The summed E-state index contributed by atoms with van der Waals surface area (Å²) in [6.07, 6.45) is 3.66. The largest absolute Gasteiger partial charge is 0.343 e. The Labute approximate surface area is 163 Å². The highest BCUT2D eigenvalue weighted by Gasteiger charge is 2.27. The zero-order valence-corrected chi connectivity index (χ0v) is 15.8. The molecule has 2 amide bonds. The van der Waals surface area contributed by atoms with E-state index in [-0.39, 0.29) is 24.3 Å². The molecule has 0 spiro atoms. The second-order valence-corrected chi connectivity index (χ2v) is 7.14. The van der Waals surface area contributed by atoms with Crippen molar-refractivity contribution >= 4 is 17.5 Å². The average molecular weight is 377 g/mol. The maximum atomic E-state index is 12.5. The summed E-state index contributed by atoms with van der Waals surface area (Å²) in [5.74, 6) is 0.973. The summed E-state index contributed by atoms with van der Waals surface area (Å²) < 4.78 is 2.02. The van der Waals surface area contributed by atoms with Crippen LogP contribution in [0, 0.1) is 6.92 Å². The van der Waals surface area contributed by atoms with Gasteiger partial charge in [-0.1, -0.05) is 24.3 Å². The molecule has 0 saturated carbocycles. The first kappa shape index (κ1) is 18.2. The van der Waals surface area contributed by atoms with Crippen LogP contribution in [0.5, 0.6) is 0 Å². The lowest BCUT2D eigenvalue weighted by atomic mass is 9.96. The number of likely N-dealkylation sites (tertiary alicyclic amines) is 1. The maximum Gasteiger partial charge on any atom is 0.251 e. The quantitative estimate of drug-likeness (QED) is 0.756. The third kappa shape index (κ3) is 3.60. The molecular formula is C21H23N5O2. The van der Waals surface area contributed by atoms with Crippen molar-refractivity contribution < 1.29 is 9.59 Å². The van der Waals surface area contributed by atoms with Crippen molar-refractivity contribution in [2.24, 2.45) is 0 Å². The lowest BCUT2D eigenvalue weighted by Gasteiger charge is -2.31. The predicted molar refractivity (Wildman–Crippen MR) is 105 cm³/mol. The minimum Gasteiger partial charge on any atom is -0.343 e. The van der Waals surface area contributed by atoms with E-state index in [1.165, 1.54) is 0 Å². The van der Waals surface area contributed by atoms with E-state index in [4.69, 9.17) is 0 Å². The van der Waals surface area contributed by atoms with Gasteiger partial charge in [-0.15, -0.1) is 10.2 Å². The number of piperidine rings is 1. The summed E-state index contributed by atoms with van der Waals surface area (Å²) in [5, 5.41) is 11.3. The van der Waals surface area contributed by atoms with Gasteiger partial charge < -0.3 is 10.2 Å². The van der Waals surface area contributed by atoms with E-state index in [0.29, 0.717) is 18.7 Å². The molecule has 28 heavy (non-hydrogen) atoms. The Hall–Kier alpha value is -3.22. The first-order valence-electron chi connectivity index (χ1n) is 9.55. The van der Waals surface area contributed by atoms with E-state index in [2.05, 4.69) is 15.5 Å². The fourth-order valence-electron chi connectivity index (χ4n) is 3.72. The Morgan fingerprint density at radius 1 is 1.07 bits per heavy atom. The molecule has 0 atom stereocenters. The molecule has 3 heterocycles. The second kappa shape index (κ2) is 7.80. The Bertz CT molecular complexity index is 1000. The van der Waals surface area contributed by atoms with Gasteiger partial charge in [-0.05, 0) is 43.5 Å². The fourth-order valence-corrected chi connectivity index (χ4v) is 3.72. The molecule has 2 aromatic heterocycles. The molecule has 7 nitrogen and oxygen atoms in total. The van der Waals surface area contributed by atoms with Gasteiger partial charge in [0.25, 0.3) is 5.91 Å². The highest BCUT2D eigenvalue weighted by Crippen LogP contribution is 2.27. The van der Waals surface area contributed by atoms with Crippen LogP contribution < -0.4 is 5.32 Å². The monoisotopic (exact) mass is 377 g/mol. The Balaban J connectivity index is 1.32. The average Bonchev–Trinajstić information content (AvgIpc) is 3.16. The lowest BCUT2D eigenvalue weighted by Crippen LogP contribution is -2.44. The summed E-state index contributed by atoms with van der Waals surface area (Å²) in [6.45, 7) is 3.22. The Morgan fingerprint density at radius 3 is 2.61 bits per heavy atom. The van der Waals surface area contributed by atoms with Crippen molar-refractivity contribution in [2.75, 3.05) is 19.6 Å². The third-order valence-electron chi connectivity index (χ3n) is 5.34. The minimum absolute atomic E-state index is 0.0195. The van der Waals surface area contributed by atoms with Gasteiger partial charge in [-0.2, -0.15) is 0 Å². The van der Waals surface area contributed by atoms with Crippen LogP contribution in [0.2, 0.25) is 0 Å². The Morgan fingerprint density at radius 2 is 1.82 bits per heavy atom. The predicted octanol–water partition coefficient (Wildman–Crippen LogP) is 2.17. The zero-order chi connectivity index (χ0) is 19.5. The minimum atomic E-state index is -0.212. The van der Waals surface area contributed by atoms with E-state index >= 15 is 0 Å². The molecule has 144 valence electrons. The number of nitrogens with zero attached hydrogens (tertiary/aromatic N) is 4. The van der Waals surface area contributed by atoms with Gasteiger partial charge in [0.15, 0.2) is 5.65 Å². The van der Waals surface area contributed by atoms with E-state index in [1.807, 2.05) is 58.8 Å². The maximum absolute atomic E-state index is 12.5. The first-order valence-corrected chi connectivity index (χ1v) is 9.55. The molecule has 1 aromatic carbocycles. The van der Waals surface area contributed by atoms with Gasteiger partial charge in [-0.25, -0.2) is 0 Å². The smallest absolute Gasteiger partial charge is 0.251 e. The van der Waals surface area contributed by atoms with Gasteiger partial charge in [-0.3, -0.25) is 14.0 Å². The van der Waals surface area contributed by atoms with Crippen molar-refractivity contribution in [3.8, 4) is 0 Å². The van der Waals surface area contributed by atoms with E-state index < -0.39 is 0 Å². The van der Waals surface area contributed by atoms with Gasteiger partial charge in [0.1, 0.15) is 5.82 Å². The number of aromatic nitrogens is 3. The van der Waals surface area contributed by atoms with Crippen LogP contribution in [0.25, 0.3) is 5.65 Å². The number of carbonyl (C=O) groups excluding carboxylic acids is 2. The number of pyridine rings is 1. The molecular weight excluding hydrogens is 354 g/mol. The van der Waals surface area contributed by atoms with E-state index in [9.17, 15) is 9.59 Å². The van der Waals surface area contributed by atoms with Crippen molar-refractivity contribution in [2.45, 2.75) is 25.7 Å². The van der Waals surface area contributed by atoms with Gasteiger partial charge in [0, 0.05) is 30.8 Å². The number of hydrogen-bond acceptors (Lipinski definition) is 4. The topological polar surface area (TPSA) is 79.6 Å². The SMILES string of the molecule is Cc1ccccc1C(=O)NCC(=O)N1CCC(c2nnc3ccccn23)CC1. The third-order valence-corrected chi connectivity index (χ3v) is 5.34. The summed E-state index contributed by atoms with van der Waals surface area (Å²) in [6, 6.07) is 13.2. The van der Waals surface area contributed by atoms with Crippen LogP contribution in [-0.2, 0) is 4.79 Å². The fraction of sp³-hybridized carbons (Fsp3) is 0.333. The highest BCUT2D eigenvalue weighted by molar-refractivity contribution is 5.97. The van der Waals surface area contributed by atoms with Crippen LogP contribution in [0.15, 0.2) is 48.7 Å². The summed E-state index contributed by atoms with van der Waals surface area (Å²) in [4.78, 5) is 26.6. The van der Waals surface area contributed by atoms with Crippen LogP contribution in [0.3, 0.4) is 0 Å². The molecule has 3 aromatic rings. The number of carbonyl (C=O) groups is 2. The number of amides is 2. The zero-order valence-electron chi connectivity index (χ0n) is 15.8. The molecule has 1 aliphatic heterocycles. The molecule has 0 aliphatic carbocycles. The number of nitrogens with one attached hydrogen (secondary N) is 1. The van der Waals surface area contributed by atoms with Crippen molar-refractivity contribution in [1.29, 1.82) is 0 Å². The first-order chi connectivity index (χ1) is 13.6. The van der Waals surface area contributed by atoms with Gasteiger partial charge in [0.05, 0.1) is 6.54 Å². The number of rotatable bonds is 4. The van der Waals surface area contributed by atoms with Crippen molar-refractivity contribution in [3.63, 3.8) is 0 Å². The molecule has 1 fully saturated rings. The van der Waals surface area contributed by atoms with Crippen LogP contribution in [0.4, 0.5) is 0 Å². The molecule has 0 radical (unpaired) electrons. The van der Waals surface area contributed by atoms with Crippen molar-refractivity contribution in [1.82, 2.24) is 24.8 Å². The Kier molecular flexibility index (Phi) is 5.06. The standard InChI is InChI=1S/C21H23N5O2/c1-15-6-2-3-7-17(15)21(28)22-14-19(27)25-12-9-16(10-13-25)20-24-23-18-8-4-5-11-26(18)20/h2-8,11,16H,9-10,12-14H2,1H3,(H,22,28). The summed E-state index contributed by atoms with van der Waals surface area (Å²) in [7, 11) is 0. The molecule has 0 bridgehead atoms. The molecule has 4 rings (SSSR count). The van der Waals surface area contributed by atoms with Crippen LogP contribution in [-0.4, -0.2) is 50.9 Å². The van der Waals surface area contributed by atoms with E-state index in [0.717, 1.165) is 29.9 Å². The number of fused-ring (bicyclic) bond motifs is 1. The second-order valence-electron chi connectivity index (χ2n) is 7.14. The molecule has 1 aliphatic rings. The number of benzene rings is 1. The summed E-state index contributed by atoms with van der Waals surface area (Å²) >= 11 is 0. The van der Waals surface area contributed by atoms with E-state index in [1.54, 1.807) is 6.07 Å². The number of aryl methyl sites for hydroxylation is 1. The normalized spacial score (nSPS) is 15.0. The van der Waals surface area contributed by atoms with Crippen LogP contribution in [0.1, 0.15) is 40.5 Å². The van der Waals surface area contributed by atoms with Gasteiger partial charge in [0.2, 0.25) is 5.91 Å².